The van der Waals surface area contributed by atoms with Gasteiger partial charge in [-0.1, -0.05) is 24.3 Å². The number of rotatable bonds is 5. The van der Waals surface area contributed by atoms with E-state index in [2.05, 4.69) is 34.1 Å². The average molecular weight is 449 g/mol. The molecule has 2 fully saturated rings. The Hall–Kier alpha value is -2.81. The molecular formula is C24H24N4O3S. The van der Waals surface area contributed by atoms with Crippen molar-refractivity contribution in [1.82, 2.24) is 14.2 Å². The molecule has 0 N–H and O–H groups in total. The fourth-order valence-electron chi connectivity index (χ4n) is 5.03. The van der Waals surface area contributed by atoms with Crippen LogP contribution in [0.1, 0.15) is 20.7 Å². The Bertz CT molecular complexity index is 1160. The van der Waals surface area contributed by atoms with E-state index in [9.17, 15) is 9.59 Å². The molecule has 0 spiro atoms. The summed E-state index contributed by atoms with van der Waals surface area (Å²) in [4.78, 5) is 31.9. The number of aromatic nitrogens is 1. The second-order valence-corrected chi connectivity index (χ2v) is 9.81. The van der Waals surface area contributed by atoms with Gasteiger partial charge in [-0.2, -0.15) is 4.37 Å². The zero-order valence-corrected chi connectivity index (χ0v) is 18.5. The molecule has 3 aliphatic heterocycles. The number of carbonyl (C=O) groups is 2. The predicted molar refractivity (Wildman–Crippen MR) is 123 cm³/mol. The van der Waals surface area contributed by atoms with Crippen molar-refractivity contribution in [3.8, 4) is 0 Å². The third-order valence-electron chi connectivity index (χ3n) is 6.78. The van der Waals surface area contributed by atoms with Crippen molar-refractivity contribution < 1.29 is 14.3 Å². The second kappa shape index (κ2) is 7.65. The van der Waals surface area contributed by atoms with Gasteiger partial charge in [0.15, 0.2) is 0 Å². The zero-order chi connectivity index (χ0) is 21.7. The first kappa shape index (κ1) is 19.8. The summed E-state index contributed by atoms with van der Waals surface area (Å²) >= 11 is 1.55. The lowest BCUT2D eigenvalue weighted by molar-refractivity contribution is -0.132. The lowest BCUT2D eigenvalue weighted by Gasteiger charge is -2.47. The van der Waals surface area contributed by atoms with Gasteiger partial charge in [0.05, 0.1) is 29.0 Å². The minimum Gasteiger partial charge on any atom is -0.380 e. The van der Waals surface area contributed by atoms with E-state index in [1.54, 1.807) is 35.8 Å². The topological polar surface area (TPSA) is 66.0 Å². The fourth-order valence-corrected chi connectivity index (χ4v) is 5.83. The summed E-state index contributed by atoms with van der Waals surface area (Å²) in [6, 6.07) is 15.5. The monoisotopic (exact) mass is 448 g/mol. The van der Waals surface area contributed by atoms with Crippen LogP contribution in [0.3, 0.4) is 0 Å². The molecule has 4 heterocycles. The maximum Gasteiger partial charge on any atom is 0.261 e. The highest BCUT2D eigenvalue weighted by Gasteiger charge is 2.47. The van der Waals surface area contributed by atoms with Crippen LogP contribution in [-0.2, 0) is 4.74 Å². The van der Waals surface area contributed by atoms with Crippen LogP contribution in [0.25, 0.3) is 10.1 Å². The summed E-state index contributed by atoms with van der Waals surface area (Å²) in [5, 5.41) is 1.22. The van der Waals surface area contributed by atoms with Crippen LogP contribution in [0.15, 0.2) is 48.5 Å². The van der Waals surface area contributed by atoms with Crippen molar-refractivity contribution in [3.05, 3.63) is 59.7 Å². The fraction of sp³-hybridized carbons (Fsp3) is 0.375. The Balaban J connectivity index is 1.12. The molecule has 0 saturated carbocycles. The van der Waals surface area contributed by atoms with Crippen LogP contribution in [0, 0.1) is 5.41 Å². The molecule has 0 radical (unpaired) electrons. The number of piperazine rings is 1. The number of anilines is 1. The van der Waals surface area contributed by atoms with E-state index in [0.717, 1.165) is 38.5 Å². The normalized spacial score (nSPS) is 20.6. The van der Waals surface area contributed by atoms with Crippen LogP contribution in [0.2, 0.25) is 0 Å². The summed E-state index contributed by atoms with van der Waals surface area (Å²) in [6.45, 7) is 6.08. The Morgan fingerprint density at radius 2 is 1.53 bits per heavy atom. The maximum absolute atomic E-state index is 12.8. The Morgan fingerprint density at radius 3 is 2.19 bits per heavy atom. The Kier molecular flexibility index (Phi) is 4.74. The quantitative estimate of drug-likeness (QED) is 0.560. The van der Waals surface area contributed by atoms with Gasteiger partial charge in [0, 0.05) is 50.1 Å². The molecule has 164 valence electrons. The van der Waals surface area contributed by atoms with E-state index in [0.29, 0.717) is 30.9 Å². The number of fused-ring (bicyclic) bond motifs is 2. The molecule has 8 heteroatoms. The molecule has 3 aromatic rings. The van der Waals surface area contributed by atoms with Gasteiger partial charge in [0.25, 0.3) is 11.8 Å². The SMILES string of the molecule is O=C1c2ccccc2C(=O)N1CC1(CN2CCN(c3nsc4ccccc34)CC2)COC1. The highest BCUT2D eigenvalue weighted by atomic mass is 32.1. The first-order valence-electron chi connectivity index (χ1n) is 11.0. The van der Waals surface area contributed by atoms with Crippen LogP contribution in [-0.4, -0.2) is 78.5 Å². The zero-order valence-electron chi connectivity index (χ0n) is 17.7. The molecule has 3 aliphatic rings. The Labute approximate surface area is 190 Å². The van der Waals surface area contributed by atoms with Gasteiger partial charge in [-0.3, -0.25) is 19.4 Å². The number of carbonyl (C=O) groups excluding carboxylic acids is 2. The maximum atomic E-state index is 12.8. The molecule has 0 atom stereocenters. The van der Waals surface area contributed by atoms with E-state index >= 15 is 0 Å². The number of hydrogen-bond acceptors (Lipinski definition) is 7. The van der Waals surface area contributed by atoms with Gasteiger partial charge in [-0.15, -0.1) is 0 Å². The molecule has 7 nitrogen and oxygen atoms in total. The molecular weight excluding hydrogens is 424 g/mol. The van der Waals surface area contributed by atoms with Gasteiger partial charge in [-0.25, -0.2) is 0 Å². The standard InChI is InChI=1S/C24H24N4O3S/c29-22-17-5-1-2-6-18(17)23(30)28(22)14-24(15-31-16-24)13-26-9-11-27(12-10-26)21-19-7-3-4-8-20(19)32-25-21/h1-8H,9-16H2. The van der Waals surface area contributed by atoms with Crippen molar-refractivity contribution in [2.45, 2.75) is 0 Å². The molecule has 32 heavy (non-hydrogen) atoms. The van der Waals surface area contributed by atoms with Crippen molar-refractivity contribution in [2.75, 3.05) is 57.4 Å². The van der Waals surface area contributed by atoms with E-state index in [1.807, 2.05) is 0 Å². The molecule has 6 rings (SSSR count). The van der Waals surface area contributed by atoms with Crippen molar-refractivity contribution in [3.63, 3.8) is 0 Å². The predicted octanol–water partition coefficient (Wildman–Crippen LogP) is 2.73. The Morgan fingerprint density at radius 1 is 0.875 bits per heavy atom. The summed E-state index contributed by atoms with van der Waals surface area (Å²) in [5.74, 6) is 0.715. The van der Waals surface area contributed by atoms with Gasteiger partial charge in [-0.05, 0) is 35.8 Å². The number of nitrogens with zero attached hydrogens (tertiary/aromatic N) is 4. The first-order chi connectivity index (χ1) is 15.6. The highest BCUT2D eigenvalue weighted by Crippen LogP contribution is 2.35. The third-order valence-corrected chi connectivity index (χ3v) is 7.59. The number of hydrogen-bond donors (Lipinski definition) is 0. The first-order valence-corrected chi connectivity index (χ1v) is 11.8. The number of amides is 2. The van der Waals surface area contributed by atoms with Gasteiger partial charge in [0.2, 0.25) is 0 Å². The van der Waals surface area contributed by atoms with E-state index in [4.69, 9.17) is 9.11 Å². The summed E-state index contributed by atoms with van der Waals surface area (Å²) in [7, 11) is 0. The molecule has 0 bridgehead atoms. The molecule has 0 aliphatic carbocycles. The summed E-state index contributed by atoms with van der Waals surface area (Å²) in [5.41, 5.74) is 0.831. The molecule has 2 amide bonds. The van der Waals surface area contributed by atoms with Gasteiger partial charge in [0.1, 0.15) is 5.82 Å². The average Bonchev–Trinajstić information content (AvgIpc) is 3.33. The van der Waals surface area contributed by atoms with Crippen molar-refractivity contribution >= 4 is 39.3 Å². The molecule has 1 aromatic heterocycles. The largest absolute Gasteiger partial charge is 0.380 e. The number of benzene rings is 2. The van der Waals surface area contributed by atoms with Crippen molar-refractivity contribution in [2.24, 2.45) is 5.41 Å². The van der Waals surface area contributed by atoms with E-state index in [-0.39, 0.29) is 17.2 Å². The van der Waals surface area contributed by atoms with E-state index in [1.165, 1.54) is 15.0 Å². The minimum absolute atomic E-state index is 0.183. The van der Waals surface area contributed by atoms with Crippen molar-refractivity contribution in [1.29, 1.82) is 0 Å². The molecule has 2 saturated heterocycles. The van der Waals surface area contributed by atoms with Gasteiger partial charge >= 0.3 is 0 Å². The van der Waals surface area contributed by atoms with Crippen LogP contribution < -0.4 is 4.90 Å². The summed E-state index contributed by atoms with van der Waals surface area (Å²) in [6.07, 6.45) is 0. The smallest absolute Gasteiger partial charge is 0.261 e. The van der Waals surface area contributed by atoms with Crippen LogP contribution >= 0.6 is 11.5 Å². The number of ether oxygens (including phenoxy) is 1. The summed E-state index contributed by atoms with van der Waals surface area (Å²) < 4.78 is 11.5. The second-order valence-electron chi connectivity index (χ2n) is 9.00. The van der Waals surface area contributed by atoms with Crippen LogP contribution in [0.4, 0.5) is 5.82 Å². The third kappa shape index (κ3) is 3.21. The molecule has 0 unspecified atom stereocenters. The van der Waals surface area contributed by atoms with E-state index < -0.39 is 0 Å². The minimum atomic E-state index is -0.192. The van der Waals surface area contributed by atoms with Crippen LogP contribution in [0.5, 0.6) is 0 Å². The lowest BCUT2D eigenvalue weighted by Crippen LogP contribution is -2.60. The number of imide groups is 1. The highest BCUT2D eigenvalue weighted by molar-refractivity contribution is 7.13. The molecule has 2 aromatic carbocycles. The lowest BCUT2D eigenvalue weighted by atomic mass is 9.84. The van der Waals surface area contributed by atoms with Gasteiger partial charge < -0.3 is 9.64 Å².